The van der Waals surface area contributed by atoms with E-state index in [0.29, 0.717) is 11.3 Å². The molecule has 5 nitrogen and oxygen atoms in total. The van der Waals surface area contributed by atoms with Gasteiger partial charge in [0.2, 0.25) is 11.8 Å². The van der Waals surface area contributed by atoms with E-state index < -0.39 is 23.6 Å². The molecule has 2 amide bonds. The lowest BCUT2D eigenvalue weighted by Gasteiger charge is -2.21. The van der Waals surface area contributed by atoms with E-state index in [1.165, 1.54) is 17.9 Å². The SMILES string of the molecule is CC(=O)N(CC(=O)Nc1ccc(C(F)(F)F)cc1)c1cccc(C#N)c1. The summed E-state index contributed by atoms with van der Waals surface area (Å²) in [5, 5.41) is 11.4. The zero-order valence-corrected chi connectivity index (χ0v) is 13.7. The third kappa shape index (κ3) is 4.83. The van der Waals surface area contributed by atoms with Crippen LogP contribution in [-0.2, 0) is 15.8 Å². The van der Waals surface area contributed by atoms with Crippen molar-refractivity contribution in [1.29, 1.82) is 5.26 Å². The Bertz CT molecular complexity index is 855. The molecule has 0 spiro atoms. The first-order chi connectivity index (χ1) is 12.2. The topological polar surface area (TPSA) is 73.2 Å². The minimum atomic E-state index is -4.46. The van der Waals surface area contributed by atoms with Crippen molar-refractivity contribution in [3.8, 4) is 6.07 Å². The second-order valence-electron chi connectivity index (χ2n) is 5.39. The molecule has 0 atom stereocenters. The molecule has 26 heavy (non-hydrogen) atoms. The van der Waals surface area contributed by atoms with Crippen molar-refractivity contribution in [2.45, 2.75) is 13.1 Å². The first kappa shape index (κ1) is 19.0. The van der Waals surface area contributed by atoms with Gasteiger partial charge >= 0.3 is 6.18 Å². The van der Waals surface area contributed by atoms with Crippen molar-refractivity contribution < 1.29 is 22.8 Å². The molecule has 2 aromatic carbocycles. The number of hydrogen-bond acceptors (Lipinski definition) is 3. The van der Waals surface area contributed by atoms with Crippen LogP contribution in [0.25, 0.3) is 0 Å². The van der Waals surface area contributed by atoms with Gasteiger partial charge in [0, 0.05) is 18.3 Å². The highest BCUT2D eigenvalue weighted by Gasteiger charge is 2.30. The largest absolute Gasteiger partial charge is 0.416 e. The van der Waals surface area contributed by atoms with Crippen LogP contribution in [0.4, 0.5) is 24.5 Å². The van der Waals surface area contributed by atoms with Crippen molar-refractivity contribution in [3.63, 3.8) is 0 Å². The number of rotatable bonds is 4. The van der Waals surface area contributed by atoms with Gasteiger partial charge in [-0.15, -0.1) is 0 Å². The predicted octanol–water partition coefficient (Wildman–Crippen LogP) is 3.57. The van der Waals surface area contributed by atoms with E-state index in [9.17, 15) is 22.8 Å². The Morgan fingerprint density at radius 2 is 1.81 bits per heavy atom. The van der Waals surface area contributed by atoms with Crippen LogP contribution in [-0.4, -0.2) is 18.4 Å². The van der Waals surface area contributed by atoms with Crippen LogP contribution in [0.2, 0.25) is 0 Å². The van der Waals surface area contributed by atoms with Crippen molar-refractivity contribution in [2.24, 2.45) is 0 Å². The molecule has 0 unspecified atom stereocenters. The van der Waals surface area contributed by atoms with Crippen molar-refractivity contribution in [1.82, 2.24) is 0 Å². The van der Waals surface area contributed by atoms with Crippen LogP contribution in [0.3, 0.4) is 0 Å². The van der Waals surface area contributed by atoms with Crippen molar-refractivity contribution in [3.05, 3.63) is 59.7 Å². The van der Waals surface area contributed by atoms with Crippen LogP contribution >= 0.6 is 0 Å². The number of amides is 2. The molecular weight excluding hydrogens is 347 g/mol. The number of carbonyl (C=O) groups excluding carboxylic acids is 2. The van der Waals surface area contributed by atoms with Crippen LogP contribution in [0.1, 0.15) is 18.1 Å². The fourth-order valence-corrected chi connectivity index (χ4v) is 2.21. The lowest BCUT2D eigenvalue weighted by molar-refractivity contribution is -0.137. The Hall–Kier alpha value is -3.34. The lowest BCUT2D eigenvalue weighted by atomic mass is 10.2. The van der Waals surface area contributed by atoms with E-state index in [0.717, 1.165) is 24.3 Å². The lowest BCUT2D eigenvalue weighted by Crippen LogP contribution is -2.36. The third-order valence-corrected chi connectivity index (χ3v) is 3.46. The molecule has 1 N–H and O–H groups in total. The van der Waals surface area contributed by atoms with Crippen LogP contribution in [0.15, 0.2) is 48.5 Å². The average molecular weight is 361 g/mol. The highest BCUT2D eigenvalue weighted by molar-refractivity contribution is 6.01. The van der Waals surface area contributed by atoms with E-state index in [4.69, 9.17) is 5.26 Å². The fourth-order valence-electron chi connectivity index (χ4n) is 2.21. The van der Waals surface area contributed by atoms with E-state index in [-0.39, 0.29) is 12.2 Å². The summed E-state index contributed by atoms with van der Waals surface area (Å²) in [5.74, 6) is -0.995. The standard InChI is InChI=1S/C18H14F3N3O2/c1-12(25)24(16-4-2-3-13(9-16)10-22)11-17(26)23-15-7-5-14(6-8-15)18(19,20)21/h2-9H,11H2,1H3,(H,23,26). The molecule has 0 fully saturated rings. The summed E-state index contributed by atoms with van der Waals surface area (Å²) >= 11 is 0. The second-order valence-corrected chi connectivity index (χ2v) is 5.39. The van der Waals surface area contributed by atoms with Gasteiger partial charge in [-0.3, -0.25) is 9.59 Å². The molecule has 0 heterocycles. The van der Waals surface area contributed by atoms with Gasteiger partial charge in [-0.25, -0.2) is 0 Å². The summed E-state index contributed by atoms with van der Waals surface area (Å²) in [6, 6.07) is 12.1. The number of nitrogens with zero attached hydrogens (tertiary/aromatic N) is 2. The first-order valence-electron chi connectivity index (χ1n) is 7.46. The summed E-state index contributed by atoms with van der Waals surface area (Å²) in [7, 11) is 0. The molecule has 0 aliphatic carbocycles. The summed E-state index contributed by atoms with van der Waals surface area (Å²) < 4.78 is 37.6. The third-order valence-electron chi connectivity index (χ3n) is 3.46. The molecule has 8 heteroatoms. The highest BCUT2D eigenvalue weighted by atomic mass is 19.4. The molecule has 0 aromatic heterocycles. The van der Waals surface area contributed by atoms with E-state index in [1.54, 1.807) is 18.2 Å². The maximum absolute atomic E-state index is 12.5. The zero-order chi connectivity index (χ0) is 19.3. The summed E-state index contributed by atoms with van der Waals surface area (Å²) in [4.78, 5) is 25.1. The molecule has 0 bridgehead atoms. The number of alkyl halides is 3. The van der Waals surface area contributed by atoms with Gasteiger partial charge in [-0.05, 0) is 42.5 Å². The molecule has 0 aliphatic rings. The second kappa shape index (κ2) is 7.70. The molecule has 0 saturated heterocycles. The molecule has 0 radical (unpaired) electrons. The Kier molecular flexibility index (Phi) is 5.62. The number of nitriles is 1. The molecule has 0 saturated carbocycles. The normalized spacial score (nSPS) is 10.7. The molecule has 0 aliphatic heterocycles. The van der Waals surface area contributed by atoms with E-state index >= 15 is 0 Å². The maximum Gasteiger partial charge on any atom is 0.416 e. The Labute approximate surface area is 147 Å². The summed E-state index contributed by atoms with van der Waals surface area (Å²) in [6.45, 7) is 0.926. The minimum absolute atomic E-state index is 0.178. The highest BCUT2D eigenvalue weighted by Crippen LogP contribution is 2.29. The Balaban J connectivity index is 2.11. The number of benzene rings is 2. The first-order valence-corrected chi connectivity index (χ1v) is 7.46. The number of carbonyl (C=O) groups is 2. The molecule has 2 rings (SSSR count). The van der Waals surface area contributed by atoms with Crippen molar-refractivity contribution in [2.75, 3.05) is 16.8 Å². The van der Waals surface area contributed by atoms with Crippen molar-refractivity contribution >= 4 is 23.2 Å². The van der Waals surface area contributed by atoms with Gasteiger partial charge in [0.1, 0.15) is 6.54 Å². The number of halogens is 3. The van der Waals surface area contributed by atoms with Crippen LogP contribution in [0.5, 0.6) is 0 Å². The molecule has 2 aromatic rings. The van der Waals surface area contributed by atoms with Gasteiger partial charge < -0.3 is 10.2 Å². The number of nitrogens with one attached hydrogen (secondary N) is 1. The van der Waals surface area contributed by atoms with E-state index in [1.807, 2.05) is 6.07 Å². The maximum atomic E-state index is 12.5. The number of hydrogen-bond donors (Lipinski definition) is 1. The fraction of sp³-hybridized carbons (Fsp3) is 0.167. The van der Waals surface area contributed by atoms with Gasteiger partial charge in [0.15, 0.2) is 0 Å². The molecular formula is C18H14F3N3O2. The monoisotopic (exact) mass is 361 g/mol. The quantitative estimate of drug-likeness (QED) is 0.905. The van der Waals surface area contributed by atoms with Gasteiger partial charge in [-0.2, -0.15) is 18.4 Å². The smallest absolute Gasteiger partial charge is 0.325 e. The van der Waals surface area contributed by atoms with Crippen LogP contribution < -0.4 is 10.2 Å². The van der Waals surface area contributed by atoms with Gasteiger partial charge in [-0.1, -0.05) is 6.07 Å². The Morgan fingerprint density at radius 3 is 2.35 bits per heavy atom. The van der Waals surface area contributed by atoms with E-state index in [2.05, 4.69) is 5.32 Å². The summed E-state index contributed by atoms with van der Waals surface area (Å²) in [6.07, 6.45) is -4.46. The van der Waals surface area contributed by atoms with Crippen LogP contribution in [0, 0.1) is 11.3 Å². The van der Waals surface area contributed by atoms with Gasteiger partial charge in [0.25, 0.3) is 0 Å². The number of anilines is 2. The zero-order valence-electron chi connectivity index (χ0n) is 13.7. The predicted molar refractivity (Wildman–Crippen MR) is 89.3 cm³/mol. The Morgan fingerprint density at radius 1 is 1.15 bits per heavy atom. The summed E-state index contributed by atoms with van der Waals surface area (Å²) in [5.41, 5.74) is 0.0578. The minimum Gasteiger partial charge on any atom is -0.325 e. The average Bonchev–Trinajstić information content (AvgIpc) is 2.59. The molecule has 134 valence electrons. The van der Waals surface area contributed by atoms with Gasteiger partial charge in [0.05, 0.1) is 17.2 Å².